The van der Waals surface area contributed by atoms with Gasteiger partial charge < -0.3 is 18.9 Å². The smallest absolute Gasteiger partial charge is 0.320 e. The van der Waals surface area contributed by atoms with Gasteiger partial charge in [0.2, 0.25) is 0 Å². The molecule has 0 N–H and O–H groups in total. The lowest BCUT2D eigenvalue weighted by molar-refractivity contribution is -0.163. The van der Waals surface area contributed by atoms with Crippen molar-refractivity contribution in [3.05, 3.63) is 29.6 Å². The fraction of sp³-hybridized carbons (Fsp3) is 0.526. The van der Waals surface area contributed by atoms with Gasteiger partial charge in [-0.3, -0.25) is 14.4 Å². The molecule has 150 valence electrons. The number of esters is 3. The van der Waals surface area contributed by atoms with Crippen LogP contribution in [0.1, 0.15) is 38.7 Å². The van der Waals surface area contributed by atoms with Crippen molar-refractivity contribution in [3.63, 3.8) is 0 Å². The third-order valence-electron chi connectivity index (χ3n) is 3.73. The molecule has 27 heavy (non-hydrogen) atoms. The second-order valence-electron chi connectivity index (χ2n) is 5.52. The molecule has 0 aromatic heterocycles. The van der Waals surface area contributed by atoms with Crippen molar-refractivity contribution in [2.75, 3.05) is 26.9 Å². The molecule has 0 fully saturated rings. The zero-order valence-corrected chi connectivity index (χ0v) is 16.0. The highest BCUT2D eigenvalue weighted by molar-refractivity contribution is 5.96. The first kappa shape index (κ1) is 22.4. The average molecular weight is 384 g/mol. The van der Waals surface area contributed by atoms with Gasteiger partial charge in [0.1, 0.15) is 11.6 Å². The number of carbonyl (C=O) groups excluding carboxylic acids is 3. The quantitative estimate of drug-likeness (QED) is 0.348. The number of ether oxygens (including phenoxy) is 4. The van der Waals surface area contributed by atoms with Crippen LogP contribution in [0.4, 0.5) is 4.39 Å². The van der Waals surface area contributed by atoms with E-state index in [0.29, 0.717) is 0 Å². The molecule has 0 saturated carbocycles. The van der Waals surface area contributed by atoms with Gasteiger partial charge in [-0.1, -0.05) is 0 Å². The number of halogens is 1. The van der Waals surface area contributed by atoms with Crippen LogP contribution in [0.5, 0.6) is 5.75 Å². The van der Waals surface area contributed by atoms with Gasteiger partial charge in [-0.25, -0.2) is 4.39 Å². The second kappa shape index (κ2) is 11.2. The Labute approximate surface area is 157 Å². The van der Waals surface area contributed by atoms with Crippen LogP contribution < -0.4 is 4.74 Å². The molecule has 0 spiro atoms. The van der Waals surface area contributed by atoms with Crippen LogP contribution in [0.25, 0.3) is 0 Å². The maximum atomic E-state index is 14.0. The minimum Gasteiger partial charge on any atom is -0.497 e. The lowest BCUT2D eigenvalue weighted by atomic mass is 9.83. The summed E-state index contributed by atoms with van der Waals surface area (Å²) in [7, 11) is 1.35. The largest absolute Gasteiger partial charge is 0.497 e. The third-order valence-corrected chi connectivity index (χ3v) is 3.73. The van der Waals surface area contributed by atoms with Gasteiger partial charge in [-0.2, -0.15) is 0 Å². The first-order chi connectivity index (χ1) is 12.9. The van der Waals surface area contributed by atoms with Gasteiger partial charge in [0.05, 0.1) is 33.4 Å². The van der Waals surface area contributed by atoms with E-state index in [1.54, 1.807) is 20.8 Å². The van der Waals surface area contributed by atoms with E-state index in [2.05, 4.69) is 0 Å². The Balaban J connectivity index is 3.42. The van der Waals surface area contributed by atoms with Gasteiger partial charge >= 0.3 is 17.9 Å². The van der Waals surface area contributed by atoms with Crippen LogP contribution in [-0.2, 0) is 28.6 Å². The van der Waals surface area contributed by atoms with Crippen molar-refractivity contribution in [3.8, 4) is 5.75 Å². The Hall–Kier alpha value is -2.64. The molecule has 8 heteroatoms. The highest BCUT2D eigenvalue weighted by Gasteiger charge is 2.40. The molecule has 1 rings (SSSR count). The Kier molecular flexibility index (Phi) is 9.25. The predicted molar refractivity (Wildman–Crippen MR) is 93.7 cm³/mol. The zero-order valence-electron chi connectivity index (χ0n) is 16.0. The SMILES string of the molecule is CCOC(=O)CC(c1cc(F)cc(OC)c1)C(C(=O)OCC)C(=O)OCC. The summed E-state index contributed by atoms with van der Waals surface area (Å²) in [5.74, 6) is -5.27. The standard InChI is InChI=1S/C19H25FO7/c1-5-25-16(21)11-15(12-8-13(20)10-14(9-12)24-4)17(18(22)26-6-2)19(23)27-7-3/h8-10,15,17H,5-7,11H2,1-4H3. The van der Waals surface area contributed by atoms with E-state index in [9.17, 15) is 18.8 Å². The predicted octanol–water partition coefficient (Wildman–Crippen LogP) is 2.61. The number of methoxy groups -OCH3 is 1. The molecule has 0 aliphatic rings. The number of carbonyl (C=O) groups is 3. The molecule has 1 unspecified atom stereocenters. The summed E-state index contributed by atoms with van der Waals surface area (Å²) in [5.41, 5.74) is 0.228. The molecule has 1 aromatic carbocycles. The van der Waals surface area contributed by atoms with Gasteiger partial charge in [0.25, 0.3) is 0 Å². The summed E-state index contributed by atoms with van der Waals surface area (Å²) in [6.07, 6.45) is -0.331. The maximum absolute atomic E-state index is 14.0. The lowest BCUT2D eigenvalue weighted by Crippen LogP contribution is -2.35. The fourth-order valence-electron chi connectivity index (χ4n) is 2.63. The summed E-state index contributed by atoms with van der Waals surface area (Å²) in [6, 6.07) is 3.74. The van der Waals surface area contributed by atoms with Crippen LogP contribution in [0, 0.1) is 11.7 Å². The van der Waals surface area contributed by atoms with Crippen LogP contribution in [0.3, 0.4) is 0 Å². The van der Waals surface area contributed by atoms with E-state index < -0.39 is 35.6 Å². The highest BCUT2D eigenvalue weighted by atomic mass is 19.1. The molecule has 1 atom stereocenters. The molecular weight excluding hydrogens is 359 g/mol. The van der Waals surface area contributed by atoms with Crippen molar-refractivity contribution in [2.24, 2.45) is 5.92 Å². The highest BCUT2D eigenvalue weighted by Crippen LogP contribution is 2.33. The minimum atomic E-state index is -1.44. The topological polar surface area (TPSA) is 88.1 Å². The molecule has 7 nitrogen and oxygen atoms in total. The van der Waals surface area contributed by atoms with Crippen LogP contribution in [0.2, 0.25) is 0 Å². The summed E-state index contributed by atoms with van der Waals surface area (Å²) in [6.45, 7) is 5.01. The zero-order chi connectivity index (χ0) is 20.4. The summed E-state index contributed by atoms with van der Waals surface area (Å²) >= 11 is 0. The van der Waals surface area contributed by atoms with E-state index in [1.807, 2.05) is 0 Å². The van der Waals surface area contributed by atoms with E-state index in [-0.39, 0.29) is 37.6 Å². The van der Waals surface area contributed by atoms with Crippen molar-refractivity contribution in [1.29, 1.82) is 0 Å². The Morgan fingerprint density at radius 2 is 1.48 bits per heavy atom. The molecule has 0 radical (unpaired) electrons. The first-order valence-corrected chi connectivity index (χ1v) is 8.71. The number of rotatable bonds is 10. The van der Waals surface area contributed by atoms with Crippen molar-refractivity contribution in [1.82, 2.24) is 0 Å². The van der Waals surface area contributed by atoms with Gasteiger partial charge in [0, 0.05) is 12.0 Å². The second-order valence-corrected chi connectivity index (χ2v) is 5.52. The summed E-state index contributed by atoms with van der Waals surface area (Å²) in [4.78, 5) is 37.0. The Morgan fingerprint density at radius 3 is 1.96 bits per heavy atom. The van der Waals surface area contributed by atoms with Crippen molar-refractivity contribution < 1.29 is 37.7 Å². The molecule has 0 bridgehead atoms. The van der Waals surface area contributed by atoms with E-state index in [4.69, 9.17) is 18.9 Å². The van der Waals surface area contributed by atoms with Crippen LogP contribution >= 0.6 is 0 Å². The molecule has 0 heterocycles. The maximum Gasteiger partial charge on any atom is 0.320 e. The Bertz CT molecular complexity index is 641. The van der Waals surface area contributed by atoms with E-state index >= 15 is 0 Å². The van der Waals surface area contributed by atoms with E-state index in [1.165, 1.54) is 13.2 Å². The monoisotopic (exact) mass is 384 g/mol. The molecular formula is C19H25FO7. The molecule has 0 aliphatic carbocycles. The van der Waals surface area contributed by atoms with E-state index in [0.717, 1.165) is 12.1 Å². The number of hydrogen-bond donors (Lipinski definition) is 0. The lowest BCUT2D eigenvalue weighted by Gasteiger charge is -2.24. The first-order valence-electron chi connectivity index (χ1n) is 8.71. The minimum absolute atomic E-state index is 0.0351. The van der Waals surface area contributed by atoms with Crippen LogP contribution in [-0.4, -0.2) is 44.8 Å². The van der Waals surface area contributed by atoms with Crippen molar-refractivity contribution >= 4 is 17.9 Å². The van der Waals surface area contributed by atoms with Gasteiger partial charge in [0.15, 0.2) is 5.92 Å². The normalized spacial score (nSPS) is 11.6. The number of hydrogen-bond acceptors (Lipinski definition) is 7. The fourth-order valence-corrected chi connectivity index (χ4v) is 2.63. The average Bonchev–Trinajstić information content (AvgIpc) is 2.61. The summed E-state index contributed by atoms with van der Waals surface area (Å²) < 4.78 is 34.0. The Morgan fingerprint density at radius 1 is 0.926 bits per heavy atom. The molecule has 0 amide bonds. The third kappa shape index (κ3) is 6.54. The number of benzene rings is 1. The van der Waals surface area contributed by atoms with Gasteiger partial charge in [-0.05, 0) is 38.5 Å². The molecule has 1 aromatic rings. The molecule has 0 saturated heterocycles. The summed E-state index contributed by atoms with van der Waals surface area (Å²) in [5, 5.41) is 0. The molecule has 0 aliphatic heterocycles. The van der Waals surface area contributed by atoms with Gasteiger partial charge in [-0.15, -0.1) is 0 Å². The van der Waals surface area contributed by atoms with Crippen LogP contribution in [0.15, 0.2) is 18.2 Å². The van der Waals surface area contributed by atoms with Crippen molar-refractivity contribution in [2.45, 2.75) is 33.1 Å².